The lowest BCUT2D eigenvalue weighted by Crippen LogP contribution is -2.37. The normalized spacial score (nSPS) is 20.7. The van der Waals surface area contributed by atoms with Crippen LogP contribution >= 0.6 is 0 Å². The lowest BCUT2D eigenvalue weighted by Gasteiger charge is -2.34. The SMILES string of the molecule is COCC1CN(CC2CC2)Cc2cnn(CC3CCOCC3)c21.O=C(O)C(F)(F)F.O=C(O)C(F)(F)F. The molecule has 1 saturated heterocycles. The van der Waals surface area contributed by atoms with E-state index in [4.69, 9.17) is 34.4 Å². The molecule has 2 fully saturated rings. The van der Waals surface area contributed by atoms with E-state index in [0.717, 1.165) is 58.2 Å². The topological polar surface area (TPSA) is 114 Å². The number of aliphatic carboxylic acids is 2. The molecule has 3 aliphatic rings. The molecule has 15 heteroatoms. The number of aromatic nitrogens is 2. The summed E-state index contributed by atoms with van der Waals surface area (Å²) < 4.78 is 76.8. The number of ether oxygens (including phenoxy) is 2. The van der Waals surface area contributed by atoms with Gasteiger partial charge in [-0.15, -0.1) is 0 Å². The zero-order valence-corrected chi connectivity index (χ0v) is 20.2. The first kappa shape index (κ1) is 30.8. The van der Waals surface area contributed by atoms with E-state index in [-0.39, 0.29) is 0 Å². The number of rotatable bonds is 6. The highest BCUT2D eigenvalue weighted by molar-refractivity contribution is 5.73. The molecule has 1 aromatic heterocycles. The van der Waals surface area contributed by atoms with E-state index in [1.165, 1.54) is 30.6 Å². The Morgan fingerprint density at radius 3 is 1.97 bits per heavy atom. The smallest absolute Gasteiger partial charge is 0.475 e. The van der Waals surface area contributed by atoms with Gasteiger partial charge in [0.25, 0.3) is 0 Å². The lowest BCUT2D eigenvalue weighted by atomic mass is 9.95. The number of carboxylic acids is 2. The monoisotopic (exact) mass is 547 g/mol. The van der Waals surface area contributed by atoms with Crippen LogP contribution in [0.25, 0.3) is 0 Å². The third-order valence-electron chi connectivity index (χ3n) is 6.06. The Bertz CT molecular complexity index is 857. The largest absolute Gasteiger partial charge is 0.490 e. The van der Waals surface area contributed by atoms with Crippen molar-refractivity contribution in [1.29, 1.82) is 0 Å². The van der Waals surface area contributed by atoms with Gasteiger partial charge in [0.2, 0.25) is 0 Å². The van der Waals surface area contributed by atoms with E-state index in [2.05, 4.69) is 15.8 Å². The highest BCUT2D eigenvalue weighted by Gasteiger charge is 2.39. The molecule has 9 nitrogen and oxygen atoms in total. The summed E-state index contributed by atoms with van der Waals surface area (Å²) in [6.45, 7) is 7.10. The van der Waals surface area contributed by atoms with Crippen LogP contribution in [0.2, 0.25) is 0 Å². The molecule has 0 aromatic carbocycles. The third-order valence-corrected chi connectivity index (χ3v) is 6.06. The molecule has 1 saturated carbocycles. The van der Waals surface area contributed by atoms with E-state index in [1.54, 1.807) is 0 Å². The lowest BCUT2D eigenvalue weighted by molar-refractivity contribution is -0.193. The Morgan fingerprint density at radius 1 is 1.00 bits per heavy atom. The molecule has 4 rings (SSSR count). The minimum atomic E-state index is -5.08. The number of hydrogen-bond acceptors (Lipinski definition) is 6. The summed E-state index contributed by atoms with van der Waals surface area (Å²) >= 11 is 0. The number of fused-ring (bicyclic) bond motifs is 1. The number of hydrogen-bond donors (Lipinski definition) is 2. The second-order valence-electron chi connectivity index (χ2n) is 9.19. The Hall–Kier alpha value is -2.39. The van der Waals surface area contributed by atoms with Gasteiger partial charge in [-0.05, 0) is 37.5 Å². The van der Waals surface area contributed by atoms with E-state index in [0.29, 0.717) is 11.8 Å². The maximum absolute atomic E-state index is 10.6. The van der Waals surface area contributed by atoms with Crippen LogP contribution in [0.1, 0.15) is 42.9 Å². The van der Waals surface area contributed by atoms with Gasteiger partial charge in [0, 0.05) is 63.7 Å². The second-order valence-corrected chi connectivity index (χ2v) is 9.19. The molecule has 1 aromatic rings. The van der Waals surface area contributed by atoms with Crippen molar-refractivity contribution in [3.05, 3.63) is 17.5 Å². The molecule has 1 atom stereocenters. The van der Waals surface area contributed by atoms with Crippen LogP contribution in [-0.2, 0) is 32.2 Å². The Balaban J connectivity index is 0.000000286. The molecule has 2 aliphatic heterocycles. The quantitative estimate of drug-likeness (QED) is 0.520. The zero-order valence-electron chi connectivity index (χ0n) is 20.2. The summed E-state index contributed by atoms with van der Waals surface area (Å²) in [5.74, 6) is -3.40. The number of halogens is 6. The first-order valence-corrected chi connectivity index (χ1v) is 11.7. The Labute approximate surface area is 209 Å². The molecule has 37 heavy (non-hydrogen) atoms. The van der Waals surface area contributed by atoms with Crippen LogP contribution in [0.3, 0.4) is 0 Å². The molecule has 3 heterocycles. The van der Waals surface area contributed by atoms with Crippen LogP contribution in [-0.4, -0.2) is 89.2 Å². The predicted octanol–water partition coefficient (Wildman–Crippen LogP) is 3.53. The minimum Gasteiger partial charge on any atom is -0.475 e. The molecule has 0 radical (unpaired) electrons. The van der Waals surface area contributed by atoms with Gasteiger partial charge in [0.05, 0.1) is 12.8 Å². The van der Waals surface area contributed by atoms with Crippen molar-refractivity contribution in [3.63, 3.8) is 0 Å². The van der Waals surface area contributed by atoms with Crippen LogP contribution in [0.15, 0.2) is 6.20 Å². The summed E-state index contributed by atoms with van der Waals surface area (Å²) in [6, 6.07) is 0. The van der Waals surface area contributed by atoms with E-state index in [9.17, 15) is 26.3 Å². The molecule has 1 unspecified atom stereocenters. The maximum Gasteiger partial charge on any atom is 0.490 e. The van der Waals surface area contributed by atoms with Gasteiger partial charge in [-0.3, -0.25) is 9.58 Å². The van der Waals surface area contributed by atoms with Crippen LogP contribution < -0.4 is 0 Å². The van der Waals surface area contributed by atoms with E-state index >= 15 is 0 Å². The first-order valence-electron chi connectivity index (χ1n) is 11.7. The predicted molar refractivity (Wildman–Crippen MR) is 116 cm³/mol. The van der Waals surface area contributed by atoms with Gasteiger partial charge < -0.3 is 19.7 Å². The average molecular weight is 547 g/mol. The molecule has 0 spiro atoms. The van der Waals surface area contributed by atoms with Gasteiger partial charge in [0.1, 0.15) is 0 Å². The van der Waals surface area contributed by atoms with Crippen LogP contribution in [0.5, 0.6) is 0 Å². The van der Waals surface area contributed by atoms with Crippen molar-refractivity contribution >= 4 is 11.9 Å². The second kappa shape index (κ2) is 13.4. The Morgan fingerprint density at radius 2 is 1.51 bits per heavy atom. The zero-order chi connectivity index (χ0) is 27.8. The summed E-state index contributed by atoms with van der Waals surface area (Å²) in [7, 11) is 1.82. The highest BCUT2D eigenvalue weighted by atomic mass is 19.4. The fourth-order valence-electron chi connectivity index (χ4n) is 4.19. The first-order chi connectivity index (χ1) is 17.2. The minimum absolute atomic E-state index is 0.463. The average Bonchev–Trinajstić information content (AvgIpc) is 3.52. The number of carbonyl (C=O) groups is 2. The summed E-state index contributed by atoms with van der Waals surface area (Å²) in [5, 5.41) is 19.0. The van der Waals surface area contributed by atoms with Gasteiger partial charge >= 0.3 is 24.3 Å². The molecule has 212 valence electrons. The molecule has 0 bridgehead atoms. The van der Waals surface area contributed by atoms with Gasteiger partial charge in [0.15, 0.2) is 0 Å². The van der Waals surface area contributed by atoms with E-state index in [1.807, 2.05) is 7.11 Å². The fourth-order valence-corrected chi connectivity index (χ4v) is 4.19. The number of methoxy groups -OCH3 is 1. The Kier molecular flexibility index (Phi) is 11.2. The van der Waals surface area contributed by atoms with Crippen molar-refractivity contribution in [2.75, 3.05) is 40.0 Å². The van der Waals surface area contributed by atoms with Crippen molar-refractivity contribution < 1.29 is 55.6 Å². The number of carboxylic acid groups (broad SMARTS) is 2. The highest BCUT2D eigenvalue weighted by Crippen LogP contribution is 2.35. The fraction of sp³-hybridized carbons (Fsp3) is 0.773. The summed E-state index contributed by atoms with van der Waals surface area (Å²) in [5.41, 5.74) is 2.86. The van der Waals surface area contributed by atoms with Gasteiger partial charge in [-0.2, -0.15) is 31.4 Å². The molecular formula is C22H31F6N3O6. The molecular weight excluding hydrogens is 516 g/mol. The van der Waals surface area contributed by atoms with Gasteiger partial charge in [-0.1, -0.05) is 0 Å². The number of nitrogens with zero attached hydrogens (tertiary/aromatic N) is 3. The van der Waals surface area contributed by atoms with Crippen LogP contribution in [0.4, 0.5) is 26.3 Å². The van der Waals surface area contributed by atoms with Crippen molar-refractivity contribution in [1.82, 2.24) is 14.7 Å². The third kappa shape index (κ3) is 10.5. The van der Waals surface area contributed by atoms with E-state index < -0.39 is 24.3 Å². The molecule has 2 N–H and O–H groups in total. The standard InChI is InChI=1S/C18H29N3O2.2C2HF3O2/c1-22-13-17-12-20(9-14-2-3-14)11-16-8-19-21(18(16)17)10-15-4-6-23-7-5-15;2*3-2(4,5)1(6)7/h8,14-15,17H,2-7,9-13H2,1H3;2*(H,6,7). The van der Waals surface area contributed by atoms with Gasteiger partial charge in [-0.25, -0.2) is 9.59 Å². The van der Waals surface area contributed by atoms with Crippen molar-refractivity contribution in [2.24, 2.45) is 11.8 Å². The molecule has 1 aliphatic carbocycles. The number of alkyl halides is 6. The summed E-state index contributed by atoms with van der Waals surface area (Å²) in [6.07, 6.45) is -2.90. The summed E-state index contributed by atoms with van der Waals surface area (Å²) in [4.78, 5) is 20.4. The molecule has 0 amide bonds. The maximum atomic E-state index is 10.6. The van der Waals surface area contributed by atoms with Crippen LogP contribution in [0, 0.1) is 11.8 Å². The van der Waals surface area contributed by atoms with Crippen molar-refractivity contribution in [3.8, 4) is 0 Å². The van der Waals surface area contributed by atoms with Crippen molar-refractivity contribution in [2.45, 2.75) is 57.0 Å².